The summed E-state index contributed by atoms with van der Waals surface area (Å²) < 4.78 is 41.7. The van der Waals surface area contributed by atoms with Crippen molar-refractivity contribution in [1.29, 1.82) is 0 Å². The number of halogens is 1. The van der Waals surface area contributed by atoms with Crippen molar-refractivity contribution in [2.75, 3.05) is 13.1 Å². The van der Waals surface area contributed by atoms with Gasteiger partial charge in [-0.15, -0.1) is 0 Å². The Labute approximate surface area is 171 Å². The number of hydrogen-bond donors (Lipinski definition) is 0. The van der Waals surface area contributed by atoms with E-state index < -0.39 is 22.2 Å². The summed E-state index contributed by atoms with van der Waals surface area (Å²) in [6.07, 6.45) is 0.0850. The van der Waals surface area contributed by atoms with E-state index in [-0.39, 0.29) is 23.8 Å². The first kappa shape index (κ1) is 20.0. The molecule has 4 rings (SSSR count). The fourth-order valence-corrected chi connectivity index (χ4v) is 5.79. The largest absolute Gasteiger partial charge is 0.337 e. The third kappa shape index (κ3) is 3.81. The molecule has 0 spiro atoms. The molecule has 0 saturated carbocycles. The number of rotatable bonds is 4. The van der Waals surface area contributed by atoms with E-state index in [1.54, 1.807) is 29.2 Å². The Balaban J connectivity index is 1.58. The lowest BCUT2D eigenvalue weighted by molar-refractivity contribution is -0.135. The van der Waals surface area contributed by atoms with Crippen molar-refractivity contribution in [2.24, 2.45) is 0 Å². The quantitative estimate of drug-likeness (QED) is 0.770. The molecule has 1 saturated heterocycles. The first-order chi connectivity index (χ1) is 13.9. The first-order valence-electron chi connectivity index (χ1n) is 10.0. The number of alkyl halides is 1. The zero-order chi connectivity index (χ0) is 20.6. The number of carbonyl (C=O) groups is 1. The molecule has 29 heavy (non-hydrogen) atoms. The van der Waals surface area contributed by atoms with Crippen molar-refractivity contribution < 1.29 is 17.6 Å². The van der Waals surface area contributed by atoms with Gasteiger partial charge in [-0.1, -0.05) is 43.3 Å². The second-order valence-electron chi connectivity index (χ2n) is 7.70. The van der Waals surface area contributed by atoms with Gasteiger partial charge in [0, 0.05) is 26.1 Å². The number of fused-ring (bicyclic) bond motifs is 1. The summed E-state index contributed by atoms with van der Waals surface area (Å²) in [6, 6.07) is 13.5. The third-order valence-electron chi connectivity index (χ3n) is 5.87. The molecule has 5 nitrogen and oxygen atoms in total. The maximum Gasteiger partial charge on any atom is 0.243 e. The zero-order valence-corrected chi connectivity index (χ0v) is 17.2. The highest BCUT2D eigenvalue weighted by atomic mass is 32.2. The molecule has 0 N–H and O–H groups in total. The Bertz CT molecular complexity index is 1010. The van der Waals surface area contributed by atoms with E-state index in [9.17, 15) is 17.6 Å². The number of aryl methyl sites for hydroxylation is 1. The van der Waals surface area contributed by atoms with Crippen molar-refractivity contribution in [1.82, 2.24) is 9.21 Å². The van der Waals surface area contributed by atoms with Crippen molar-refractivity contribution in [3.63, 3.8) is 0 Å². The van der Waals surface area contributed by atoms with E-state index >= 15 is 0 Å². The summed E-state index contributed by atoms with van der Waals surface area (Å²) in [6.45, 7) is 2.66. The molecule has 2 atom stereocenters. The highest BCUT2D eigenvalue weighted by molar-refractivity contribution is 7.89. The summed E-state index contributed by atoms with van der Waals surface area (Å²) in [5, 5.41) is 0. The van der Waals surface area contributed by atoms with Gasteiger partial charge in [-0.3, -0.25) is 4.79 Å². The van der Waals surface area contributed by atoms with Crippen molar-refractivity contribution in [2.45, 2.75) is 49.8 Å². The van der Waals surface area contributed by atoms with Crippen LogP contribution in [0, 0.1) is 0 Å². The Kier molecular flexibility index (Phi) is 5.44. The molecule has 7 heteroatoms. The van der Waals surface area contributed by atoms with Gasteiger partial charge >= 0.3 is 0 Å². The Morgan fingerprint density at radius 2 is 1.79 bits per heavy atom. The minimum Gasteiger partial charge on any atom is -0.337 e. The second kappa shape index (κ2) is 7.88. The molecule has 2 aliphatic heterocycles. The lowest BCUT2D eigenvalue weighted by atomic mass is 9.99. The number of hydrogen-bond acceptors (Lipinski definition) is 3. The molecule has 2 aliphatic rings. The first-order valence-corrected chi connectivity index (χ1v) is 11.4. The van der Waals surface area contributed by atoms with Gasteiger partial charge < -0.3 is 4.90 Å². The van der Waals surface area contributed by atoms with Gasteiger partial charge in [-0.2, -0.15) is 4.31 Å². The molecule has 154 valence electrons. The van der Waals surface area contributed by atoms with Crippen molar-refractivity contribution in [3.05, 3.63) is 65.2 Å². The number of carbonyl (C=O) groups excluding carboxylic acids is 1. The summed E-state index contributed by atoms with van der Waals surface area (Å²) in [7, 11) is -3.94. The number of benzene rings is 2. The second-order valence-corrected chi connectivity index (χ2v) is 9.59. The molecule has 0 aromatic heterocycles. The van der Waals surface area contributed by atoms with Gasteiger partial charge in [0.25, 0.3) is 0 Å². The SMILES string of the molecule is CCc1ccc(S(=O)(=O)N2C[C@@H](F)C[C@H]2C(=O)N2CCc3ccccc3C2)cc1. The fraction of sp³-hybridized carbons (Fsp3) is 0.409. The lowest BCUT2D eigenvalue weighted by Crippen LogP contribution is -2.49. The van der Waals surface area contributed by atoms with E-state index in [2.05, 4.69) is 0 Å². The van der Waals surface area contributed by atoms with Gasteiger partial charge in [-0.05, 0) is 41.7 Å². The normalized spacial score (nSPS) is 22.5. The lowest BCUT2D eigenvalue weighted by Gasteiger charge is -2.33. The van der Waals surface area contributed by atoms with Crippen LogP contribution in [0.5, 0.6) is 0 Å². The minimum absolute atomic E-state index is 0.0940. The fourth-order valence-electron chi connectivity index (χ4n) is 4.17. The summed E-state index contributed by atoms with van der Waals surface area (Å²) in [5.41, 5.74) is 3.28. The van der Waals surface area contributed by atoms with Crippen LogP contribution in [-0.2, 0) is 34.2 Å². The Hall–Kier alpha value is -2.25. The van der Waals surface area contributed by atoms with Gasteiger partial charge in [-0.25, -0.2) is 12.8 Å². The zero-order valence-electron chi connectivity index (χ0n) is 16.4. The minimum atomic E-state index is -3.94. The average Bonchev–Trinajstić information content (AvgIpc) is 3.15. The van der Waals surface area contributed by atoms with Crippen LogP contribution in [0.3, 0.4) is 0 Å². The van der Waals surface area contributed by atoms with E-state index in [0.717, 1.165) is 28.3 Å². The summed E-state index contributed by atoms with van der Waals surface area (Å²) >= 11 is 0. The van der Waals surface area contributed by atoms with E-state index in [1.165, 1.54) is 5.56 Å². The maximum atomic E-state index is 14.3. The van der Waals surface area contributed by atoms with Crippen molar-refractivity contribution >= 4 is 15.9 Å². The van der Waals surface area contributed by atoms with E-state index in [1.807, 2.05) is 31.2 Å². The molecular formula is C22H25FN2O3S. The number of sulfonamides is 1. The molecule has 0 bridgehead atoms. The molecule has 1 fully saturated rings. The van der Waals surface area contributed by atoms with Crippen LogP contribution in [0.1, 0.15) is 30.0 Å². The van der Waals surface area contributed by atoms with Crippen LogP contribution in [-0.4, -0.2) is 48.8 Å². The predicted molar refractivity (Wildman–Crippen MR) is 109 cm³/mol. The van der Waals surface area contributed by atoms with Crippen LogP contribution >= 0.6 is 0 Å². The summed E-state index contributed by atoms with van der Waals surface area (Å²) in [4.78, 5) is 15.0. The van der Waals surface area contributed by atoms with Crippen LogP contribution in [0.25, 0.3) is 0 Å². The molecule has 0 aliphatic carbocycles. The maximum absolute atomic E-state index is 14.3. The van der Waals surface area contributed by atoms with Gasteiger partial charge in [0.1, 0.15) is 12.2 Å². The van der Waals surface area contributed by atoms with Gasteiger partial charge in [0.2, 0.25) is 15.9 Å². The van der Waals surface area contributed by atoms with Gasteiger partial charge in [0.05, 0.1) is 4.90 Å². The molecule has 0 unspecified atom stereocenters. The average molecular weight is 417 g/mol. The molecule has 2 aromatic carbocycles. The standard InChI is InChI=1S/C22H25FN2O3S/c1-2-16-7-9-20(10-8-16)29(27,28)25-15-19(23)13-21(25)22(26)24-12-11-17-5-3-4-6-18(17)14-24/h3-10,19,21H,2,11-15H2,1H3/t19-,21-/m0/s1. The van der Waals surface area contributed by atoms with Crippen LogP contribution in [0.4, 0.5) is 4.39 Å². The van der Waals surface area contributed by atoms with E-state index in [0.29, 0.717) is 13.1 Å². The highest BCUT2D eigenvalue weighted by Gasteiger charge is 2.45. The molecule has 2 heterocycles. The summed E-state index contributed by atoms with van der Waals surface area (Å²) in [5.74, 6) is -0.312. The van der Waals surface area contributed by atoms with Crippen LogP contribution < -0.4 is 0 Å². The Morgan fingerprint density at radius 1 is 1.10 bits per heavy atom. The topological polar surface area (TPSA) is 57.7 Å². The molecule has 1 amide bonds. The van der Waals surface area contributed by atoms with Crippen LogP contribution in [0.2, 0.25) is 0 Å². The third-order valence-corrected chi connectivity index (χ3v) is 7.76. The highest BCUT2D eigenvalue weighted by Crippen LogP contribution is 2.30. The van der Waals surface area contributed by atoms with Gasteiger partial charge in [0.15, 0.2) is 0 Å². The molecular weight excluding hydrogens is 391 g/mol. The number of nitrogens with zero attached hydrogens (tertiary/aromatic N) is 2. The predicted octanol–water partition coefficient (Wildman–Crippen LogP) is 2.94. The van der Waals surface area contributed by atoms with Crippen LogP contribution in [0.15, 0.2) is 53.4 Å². The number of amides is 1. The Morgan fingerprint density at radius 3 is 2.48 bits per heavy atom. The molecule has 0 radical (unpaired) electrons. The van der Waals surface area contributed by atoms with E-state index in [4.69, 9.17) is 0 Å². The van der Waals surface area contributed by atoms with Crippen molar-refractivity contribution in [3.8, 4) is 0 Å². The molecule has 2 aromatic rings. The smallest absolute Gasteiger partial charge is 0.243 e. The monoisotopic (exact) mass is 416 g/mol.